The largest absolute Gasteiger partial charge is 0.337 e. The van der Waals surface area contributed by atoms with Gasteiger partial charge in [0.15, 0.2) is 0 Å². The third kappa shape index (κ3) is 3.12. The number of aryl methyl sites for hydroxylation is 1. The average Bonchev–Trinajstić information content (AvgIpc) is 3.41. The number of rotatable bonds is 5. The molecule has 0 unspecified atom stereocenters. The SMILES string of the molecule is CCc1nccn1CC(=O)N1CCC[C@H]1c1nc(-c2ccccc2)no1. The Hall–Kier alpha value is -2.96. The summed E-state index contributed by atoms with van der Waals surface area (Å²) in [4.78, 5) is 23.5. The maximum absolute atomic E-state index is 12.8. The summed E-state index contributed by atoms with van der Waals surface area (Å²) in [5.74, 6) is 2.04. The van der Waals surface area contributed by atoms with Gasteiger partial charge in [0.1, 0.15) is 18.4 Å². The summed E-state index contributed by atoms with van der Waals surface area (Å²) in [5.41, 5.74) is 0.907. The highest BCUT2D eigenvalue weighted by molar-refractivity contribution is 5.76. The van der Waals surface area contributed by atoms with E-state index in [9.17, 15) is 4.79 Å². The van der Waals surface area contributed by atoms with Crippen molar-refractivity contribution in [1.29, 1.82) is 0 Å². The van der Waals surface area contributed by atoms with Crippen molar-refractivity contribution in [2.45, 2.75) is 38.8 Å². The van der Waals surface area contributed by atoms with Crippen LogP contribution in [-0.2, 0) is 17.8 Å². The summed E-state index contributed by atoms with van der Waals surface area (Å²) >= 11 is 0. The second kappa shape index (κ2) is 7.11. The van der Waals surface area contributed by atoms with Gasteiger partial charge in [0.2, 0.25) is 17.6 Å². The lowest BCUT2D eigenvalue weighted by molar-refractivity contribution is -0.133. The van der Waals surface area contributed by atoms with Gasteiger partial charge in [-0.25, -0.2) is 4.98 Å². The van der Waals surface area contributed by atoms with E-state index in [1.165, 1.54) is 0 Å². The second-order valence-electron chi connectivity index (χ2n) is 6.39. The Balaban J connectivity index is 1.52. The van der Waals surface area contributed by atoms with Crippen molar-refractivity contribution < 1.29 is 9.32 Å². The lowest BCUT2D eigenvalue weighted by Gasteiger charge is -2.22. The fourth-order valence-corrected chi connectivity index (χ4v) is 3.43. The minimum absolute atomic E-state index is 0.0552. The molecule has 3 heterocycles. The van der Waals surface area contributed by atoms with Crippen molar-refractivity contribution in [3.63, 3.8) is 0 Å². The monoisotopic (exact) mass is 351 g/mol. The maximum atomic E-state index is 12.8. The molecule has 26 heavy (non-hydrogen) atoms. The fraction of sp³-hybridized carbons (Fsp3) is 0.368. The van der Waals surface area contributed by atoms with E-state index in [-0.39, 0.29) is 11.9 Å². The van der Waals surface area contributed by atoms with Gasteiger partial charge < -0.3 is 14.0 Å². The van der Waals surface area contributed by atoms with Gasteiger partial charge in [-0.3, -0.25) is 4.79 Å². The van der Waals surface area contributed by atoms with E-state index in [1.807, 2.05) is 52.9 Å². The van der Waals surface area contributed by atoms with Gasteiger partial charge in [-0.15, -0.1) is 0 Å². The van der Waals surface area contributed by atoms with Crippen LogP contribution in [0.4, 0.5) is 0 Å². The van der Waals surface area contributed by atoms with E-state index in [0.29, 0.717) is 24.8 Å². The molecule has 7 heteroatoms. The Morgan fingerprint density at radius 1 is 1.31 bits per heavy atom. The number of nitrogens with zero attached hydrogens (tertiary/aromatic N) is 5. The zero-order chi connectivity index (χ0) is 17.9. The molecule has 0 spiro atoms. The fourth-order valence-electron chi connectivity index (χ4n) is 3.43. The predicted molar refractivity (Wildman–Crippen MR) is 95.0 cm³/mol. The van der Waals surface area contributed by atoms with Crippen LogP contribution in [-0.4, -0.2) is 37.0 Å². The van der Waals surface area contributed by atoms with E-state index < -0.39 is 0 Å². The zero-order valence-corrected chi connectivity index (χ0v) is 14.7. The first-order chi connectivity index (χ1) is 12.8. The quantitative estimate of drug-likeness (QED) is 0.706. The average molecular weight is 351 g/mol. The molecule has 134 valence electrons. The molecule has 1 atom stereocenters. The molecular weight excluding hydrogens is 330 g/mol. The number of hydrogen-bond acceptors (Lipinski definition) is 5. The summed E-state index contributed by atoms with van der Waals surface area (Å²) in [6.07, 6.45) is 6.16. The van der Waals surface area contributed by atoms with Gasteiger partial charge in [-0.1, -0.05) is 42.4 Å². The number of likely N-dealkylation sites (tertiary alicyclic amines) is 1. The van der Waals surface area contributed by atoms with Crippen molar-refractivity contribution in [2.75, 3.05) is 6.54 Å². The smallest absolute Gasteiger partial charge is 0.249 e. The molecule has 2 aromatic heterocycles. The van der Waals surface area contributed by atoms with E-state index >= 15 is 0 Å². The van der Waals surface area contributed by atoms with Crippen LogP contribution in [0.3, 0.4) is 0 Å². The first-order valence-electron chi connectivity index (χ1n) is 8.94. The minimum atomic E-state index is -0.152. The Labute approximate surface area is 151 Å². The van der Waals surface area contributed by atoms with Gasteiger partial charge in [-0.05, 0) is 12.8 Å². The molecule has 0 N–H and O–H groups in total. The molecule has 1 aliphatic heterocycles. The van der Waals surface area contributed by atoms with Gasteiger partial charge in [0.05, 0.1) is 0 Å². The van der Waals surface area contributed by atoms with Crippen LogP contribution in [0.5, 0.6) is 0 Å². The Morgan fingerprint density at radius 3 is 2.96 bits per heavy atom. The lowest BCUT2D eigenvalue weighted by atomic mass is 10.2. The molecule has 3 aromatic rings. The van der Waals surface area contributed by atoms with Gasteiger partial charge in [0, 0.05) is 30.9 Å². The standard InChI is InChI=1S/C19H21N5O2/c1-2-16-20-10-12-23(16)13-17(25)24-11-6-9-15(24)19-21-18(22-26-19)14-7-4-3-5-8-14/h3-5,7-8,10,12,15H,2,6,9,11,13H2,1H3/t15-/m0/s1. The van der Waals surface area contributed by atoms with Crippen LogP contribution in [0.15, 0.2) is 47.2 Å². The van der Waals surface area contributed by atoms with Gasteiger partial charge in [0.25, 0.3) is 0 Å². The van der Waals surface area contributed by atoms with Crippen molar-refractivity contribution in [1.82, 2.24) is 24.6 Å². The molecular formula is C19H21N5O2. The van der Waals surface area contributed by atoms with Crippen LogP contribution in [0, 0.1) is 0 Å². The number of carbonyl (C=O) groups is 1. The van der Waals surface area contributed by atoms with Crippen LogP contribution in [0.25, 0.3) is 11.4 Å². The van der Waals surface area contributed by atoms with E-state index in [4.69, 9.17) is 4.52 Å². The van der Waals surface area contributed by atoms with Crippen molar-refractivity contribution in [3.05, 3.63) is 54.4 Å². The number of amides is 1. The number of imidazole rings is 1. The number of benzene rings is 1. The molecule has 1 aromatic carbocycles. The molecule has 1 aliphatic rings. The molecule has 7 nitrogen and oxygen atoms in total. The van der Waals surface area contributed by atoms with Crippen LogP contribution in [0.1, 0.15) is 37.5 Å². The third-order valence-electron chi connectivity index (χ3n) is 4.76. The second-order valence-corrected chi connectivity index (χ2v) is 6.39. The highest BCUT2D eigenvalue weighted by Gasteiger charge is 2.34. The molecule has 0 bridgehead atoms. The molecule has 1 saturated heterocycles. The number of aromatic nitrogens is 4. The first-order valence-corrected chi connectivity index (χ1v) is 8.94. The van der Waals surface area contributed by atoms with Gasteiger partial charge >= 0.3 is 0 Å². The topological polar surface area (TPSA) is 77.1 Å². The van der Waals surface area contributed by atoms with Crippen molar-refractivity contribution >= 4 is 5.91 Å². The van der Waals surface area contributed by atoms with Gasteiger partial charge in [-0.2, -0.15) is 4.98 Å². The maximum Gasteiger partial charge on any atom is 0.249 e. The molecule has 0 aliphatic carbocycles. The molecule has 4 rings (SSSR count). The molecule has 1 fully saturated rings. The third-order valence-corrected chi connectivity index (χ3v) is 4.76. The van der Waals surface area contributed by atoms with E-state index in [0.717, 1.165) is 30.7 Å². The zero-order valence-electron chi connectivity index (χ0n) is 14.7. The van der Waals surface area contributed by atoms with E-state index in [1.54, 1.807) is 6.20 Å². The van der Waals surface area contributed by atoms with Crippen molar-refractivity contribution in [2.24, 2.45) is 0 Å². The first kappa shape index (κ1) is 16.5. The lowest BCUT2D eigenvalue weighted by Crippen LogP contribution is -2.33. The normalized spacial score (nSPS) is 17.0. The van der Waals surface area contributed by atoms with Crippen LogP contribution in [0.2, 0.25) is 0 Å². The van der Waals surface area contributed by atoms with Crippen LogP contribution >= 0.6 is 0 Å². The highest BCUT2D eigenvalue weighted by atomic mass is 16.5. The Morgan fingerprint density at radius 2 is 2.15 bits per heavy atom. The highest BCUT2D eigenvalue weighted by Crippen LogP contribution is 2.32. The summed E-state index contributed by atoms with van der Waals surface area (Å²) < 4.78 is 7.39. The predicted octanol–water partition coefficient (Wildman–Crippen LogP) is 2.86. The van der Waals surface area contributed by atoms with E-state index in [2.05, 4.69) is 15.1 Å². The molecule has 0 saturated carbocycles. The summed E-state index contributed by atoms with van der Waals surface area (Å²) in [7, 11) is 0. The molecule has 0 radical (unpaired) electrons. The van der Waals surface area contributed by atoms with Crippen LogP contribution < -0.4 is 0 Å². The Bertz CT molecular complexity index is 886. The number of hydrogen-bond donors (Lipinski definition) is 0. The summed E-state index contributed by atoms with van der Waals surface area (Å²) in [5, 5.41) is 4.09. The summed E-state index contributed by atoms with van der Waals surface area (Å²) in [6, 6.07) is 9.55. The number of carbonyl (C=O) groups excluding carboxylic acids is 1. The minimum Gasteiger partial charge on any atom is -0.337 e. The summed E-state index contributed by atoms with van der Waals surface area (Å²) in [6.45, 7) is 3.04. The van der Waals surface area contributed by atoms with Crippen molar-refractivity contribution in [3.8, 4) is 11.4 Å². The Kier molecular flexibility index (Phi) is 4.51. The molecule has 1 amide bonds.